The van der Waals surface area contributed by atoms with E-state index in [1.165, 1.54) is 0 Å². The summed E-state index contributed by atoms with van der Waals surface area (Å²) in [6.07, 6.45) is 0. The number of benzene rings is 1. The van der Waals surface area contributed by atoms with E-state index in [0.717, 1.165) is 4.47 Å². The van der Waals surface area contributed by atoms with Crippen LogP contribution in [-0.2, 0) is 5.41 Å². The number of ether oxygens (including phenoxy) is 1. The molecule has 0 unspecified atom stereocenters. The highest BCUT2D eigenvalue weighted by atomic mass is 79.9. The molecule has 0 amide bonds. The standard InChI is InChI=1S/C14H13Br2ClN2O/c1-14(2,3)13-18-11(16)7-12(19-13)20-10-5-4-8(15)6-9(10)17/h4-7H,1-3H3. The number of aromatic nitrogens is 2. The van der Waals surface area contributed by atoms with Gasteiger partial charge in [-0.3, -0.25) is 0 Å². The summed E-state index contributed by atoms with van der Waals surface area (Å²) in [5.74, 6) is 1.72. The van der Waals surface area contributed by atoms with Crippen LogP contribution in [0.2, 0.25) is 5.02 Å². The highest BCUT2D eigenvalue weighted by Gasteiger charge is 2.19. The Balaban J connectivity index is 2.36. The van der Waals surface area contributed by atoms with Gasteiger partial charge in [0.2, 0.25) is 5.88 Å². The van der Waals surface area contributed by atoms with Gasteiger partial charge in [0.15, 0.2) is 0 Å². The van der Waals surface area contributed by atoms with Crippen LogP contribution < -0.4 is 4.74 Å². The maximum Gasteiger partial charge on any atom is 0.223 e. The predicted octanol–water partition coefficient (Wildman–Crippen LogP) is 5.74. The van der Waals surface area contributed by atoms with E-state index in [1.807, 2.05) is 26.8 Å². The number of hydrogen-bond donors (Lipinski definition) is 0. The summed E-state index contributed by atoms with van der Waals surface area (Å²) < 4.78 is 7.33. The smallest absolute Gasteiger partial charge is 0.223 e. The predicted molar refractivity (Wildman–Crippen MR) is 87.7 cm³/mol. The second-order valence-corrected chi connectivity index (χ2v) is 7.41. The van der Waals surface area contributed by atoms with E-state index in [-0.39, 0.29) is 5.41 Å². The summed E-state index contributed by atoms with van der Waals surface area (Å²) in [7, 11) is 0. The molecule has 106 valence electrons. The molecule has 2 rings (SSSR count). The molecule has 0 spiro atoms. The van der Waals surface area contributed by atoms with Crippen LogP contribution >= 0.6 is 43.5 Å². The maximum atomic E-state index is 6.14. The number of hydrogen-bond acceptors (Lipinski definition) is 3. The molecule has 0 saturated heterocycles. The third kappa shape index (κ3) is 3.93. The van der Waals surface area contributed by atoms with Crippen LogP contribution in [-0.4, -0.2) is 9.97 Å². The summed E-state index contributed by atoms with van der Waals surface area (Å²) >= 11 is 12.9. The first-order valence-electron chi connectivity index (χ1n) is 5.94. The minimum Gasteiger partial charge on any atom is -0.437 e. The zero-order valence-corrected chi connectivity index (χ0v) is 15.2. The minimum absolute atomic E-state index is 0.161. The molecule has 1 heterocycles. The van der Waals surface area contributed by atoms with Crippen LogP contribution in [0, 0.1) is 0 Å². The Morgan fingerprint density at radius 1 is 1.10 bits per heavy atom. The highest BCUT2D eigenvalue weighted by molar-refractivity contribution is 9.10. The lowest BCUT2D eigenvalue weighted by molar-refractivity contribution is 0.445. The van der Waals surface area contributed by atoms with Crippen molar-refractivity contribution in [3.63, 3.8) is 0 Å². The van der Waals surface area contributed by atoms with Gasteiger partial charge in [0.25, 0.3) is 0 Å². The normalized spacial score (nSPS) is 11.5. The fourth-order valence-electron chi connectivity index (χ4n) is 1.46. The number of rotatable bonds is 2. The third-order valence-corrected chi connectivity index (χ3v) is 3.65. The van der Waals surface area contributed by atoms with E-state index in [0.29, 0.717) is 27.1 Å². The molecule has 2 aromatic rings. The number of halogens is 3. The van der Waals surface area contributed by atoms with Crippen molar-refractivity contribution in [1.29, 1.82) is 0 Å². The molecule has 0 N–H and O–H groups in total. The number of nitrogens with zero attached hydrogens (tertiary/aromatic N) is 2. The summed E-state index contributed by atoms with van der Waals surface area (Å²) in [5, 5.41) is 0.520. The molecule has 0 aliphatic rings. The van der Waals surface area contributed by atoms with Crippen molar-refractivity contribution in [3.8, 4) is 11.6 Å². The Labute approximate surface area is 140 Å². The van der Waals surface area contributed by atoms with Crippen molar-refractivity contribution in [2.24, 2.45) is 0 Å². The van der Waals surface area contributed by atoms with Crippen LogP contribution in [0.5, 0.6) is 11.6 Å². The van der Waals surface area contributed by atoms with E-state index in [9.17, 15) is 0 Å². The van der Waals surface area contributed by atoms with Crippen LogP contribution in [0.4, 0.5) is 0 Å². The summed E-state index contributed by atoms with van der Waals surface area (Å²) in [4.78, 5) is 8.80. The van der Waals surface area contributed by atoms with Crippen molar-refractivity contribution >= 4 is 43.5 Å². The molecule has 1 aromatic heterocycles. The van der Waals surface area contributed by atoms with Crippen LogP contribution in [0.1, 0.15) is 26.6 Å². The van der Waals surface area contributed by atoms with Crippen LogP contribution in [0.15, 0.2) is 33.3 Å². The lowest BCUT2D eigenvalue weighted by Crippen LogP contribution is -2.16. The molecule has 0 aliphatic carbocycles. The van der Waals surface area contributed by atoms with E-state index in [1.54, 1.807) is 18.2 Å². The van der Waals surface area contributed by atoms with E-state index in [2.05, 4.69) is 41.8 Å². The second-order valence-electron chi connectivity index (χ2n) is 5.28. The largest absolute Gasteiger partial charge is 0.437 e. The topological polar surface area (TPSA) is 35.0 Å². The fraction of sp³-hybridized carbons (Fsp3) is 0.286. The molecular weight excluding hydrogens is 407 g/mol. The van der Waals surface area contributed by atoms with Gasteiger partial charge in [0.1, 0.15) is 16.2 Å². The first kappa shape index (κ1) is 15.7. The first-order chi connectivity index (χ1) is 9.25. The van der Waals surface area contributed by atoms with Crippen molar-refractivity contribution in [1.82, 2.24) is 9.97 Å². The SMILES string of the molecule is CC(C)(C)c1nc(Br)cc(Oc2ccc(Br)cc2Cl)n1. The maximum absolute atomic E-state index is 6.14. The van der Waals surface area contributed by atoms with Gasteiger partial charge in [-0.2, -0.15) is 4.98 Å². The molecule has 3 nitrogen and oxygen atoms in total. The molecule has 0 aliphatic heterocycles. The Morgan fingerprint density at radius 2 is 1.80 bits per heavy atom. The first-order valence-corrected chi connectivity index (χ1v) is 7.90. The molecule has 6 heteroatoms. The average molecular weight is 421 g/mol. The molecular formula is C14H13Br2ClN2O. The van der Waals surface area contributed by atoms with Crippen LogP contribution in [0.3, 0.4) is 0 Å². The van der Waals surface area contributed by atoms with Gasteiger partial charge in [-0.15, -0.1) is 0 Å². The Bertz CT molecular complexity index is 642. The fourth-order valence-corrected chi connectivity index (χ4v) is 2.53. The van der Waals surface area contributed by atoms with Crippen molar-refractivity contribution < 1.29 is 4.74 Å². The van der Waals surface area contributed by atoms with Crippen molar-refractivity contribution in [2.45, 2.75) is 26.2 Å². The monoisotopic (exact) mass is 418 g/mol. The zero-order valence-electron chi connectivity index (χ0n) is 11.2. The second kappa shape index (κ2) is 6.00. The molecule has 0 saturated carbocycles. The highest BCUT2D eigenvalue weighted by Crippen LogP contribution is 2.32. The summed E-state index contributed by atoms with van der Waals surface area (Å²) in [5.41, 5.74) is -0.161. The van der Waals surface area contributed by atoms with E-state index < -0.39 is 0 Å². The molecule has 0 atom stereocenters. The van der Waals surface area contributed by atoms with Gasteiger partial charge in [-0.1, -0.05) is 48.3 Å². The quantitative estimate of drug-likeness (QED) is 0.581. The van der Waals surface area contributed by atoms with E-state index >= 15 is 0 Å². The Kier molecular flexibility index (Phi) is 4.72. The van der Waals surface area contributed by atoms with Crippen molar-refractivity contribution in [3.05, 3.63) is 44.2 Å². The van der Waals surface area contributed by atoms with Gasteiger partial charge < -0.3 is 4.74 Å². The van der Waals surface area contributed by atoms with Gasteiger partial charge in [-0.25, -0.2) is 4.98 Å². The summed E-state index contributed by atoms with van der Waals surface area (Å²) in [6, 6.07) is 7.15. The van der Waals surface area contributed by atoms with Gasteiger partial charge in [-0.05, 0) is 34.1 Å². The molecule has 0 bridgehead atoms. The molecule has 20 heavy (non-hydrogen) atoms. The van der Waals surface area contributed by atoms with Gasteiger partial charge in [0, 0.05) is 16.0 Å². The average Bonchev–Trinajstić information content (AvgIpc) is 2.31. The lowest BCUT2D eigenvalue weighted by Gasteiger charge is -2.17. The lowest BCUT2D eigenvalue weighted by atomic mass is 9.96. The molecule has 1 aromatic carbocycles. The minimum atomic E-state index is -0.161. The van der Waals surface area contributed by atoms with Crippen molar-refractivity contribution in [2.75, 3.05) is 0 Å². The summed E-state index contributed by atoms with van der Waals surface area (Å²) in [6.45, 7) is 6.14. The third-order valence-electron chi connectivity index (χ3n) is 2.45. The Morgan fingerprint density at radius 3 is 2.40 bits per heavy atom. The van der Waals surface area contributed by atoms with Gasteiger partial charge in [0.05, 0.1) is 5.02 Å². The van der Waals surface area contributed by atoms with E-state index in [4.69, 9.17) is 16.3 Å². The zero-order chi connectivity index (χ0) is 14.9. The molecule has 0 radical (unpaired) electrons. The molecule has 0 fully saturated rings. The van der Waals surface area contributed by atoms with Gasteiger partial charge >= 0.3 is 0 Å². The van der Waals surface area contributed by atoms with Crippen LogP contribution in [0.25, 0.3) is 0 Å². The Hall–Kier alpha value is -0.650.